The first-order chi connectivity index (χ1) is 8.22. The van der Waals surface area contributed by atoms with E-state index in [0.29, 0.717) is 5.17 Å². The van der Waals surface area contributed by atoms with Crippen LogP contribution in [0.15, 0.2) is 16.0 Å². The van der Waals surface area contributed by atoms with Gasteiger partial charge in [-0.1, -0.05) is 45.5 Å². The summed E-state index contributed by atoms with van der Waals surface area (Å²) in [4.78, 5) is 5.82. The third kappa shape index (κ3) is 4.88. The van der Waals surface area contributed by atoms with Crippen LogP contribution in [0.3, 0.4) is 0 Å². The summed E-state index contributed by atoms with van der Waals surface area (Å²) < 4.78 is 0. The van der Waals surface area contributed by atoms with Crippen molar-refractivity contribution in [2.45, 2.75) is 59.9 Å². The lowest BCUT2D eigenvalue weighted by Crippen LogP contribution is -2.39. The summed E-state index contributed by atoms with van der Waals surface area (Å²) in [7, 11) is 0. The molecule has 1 atom stereocenters. The molecular formula is C14H28N2S2. The van der Waals surface area contributed by atoms with Gasteiger partial charge in [0.15, 0.2) is 5.17 Å². The van der Waals surface area contributed by atoms with Gasteiger partial charge in [0, 0.05) is 5.41 Å². The van der Waals surface area contributed by atoms with Crippen LogP contribution in [-0.2, 0) is 0 Å². The van der Waals surface area contributed by atoms with Gasteiger partial charge in [-0.2, -0.15) is 0 Å². The van der Waals surface area contributed by atoms with Crippen molar-refractivity contribution >= 4 is 29.6 Å². The highest BCUT2D eigenvalue weighted by molar-refractivity contribution is 8.13. The molecule has 18 heavy (non-hydrogen) atoms. The van der Waals surface area contributed by atoms with Gasteiger partial charge >= 0.3 is 0 Å². The van der Waals surface area contributed by atoms with Crippen molar-refractivity contribution in [2.24, 2.45) is 16.1 Å². The lowest BCUT2D eigenvalue weighted by Gasteiger charge is -2.39. The number of thiol groups is 1. The zero-order valence-electron chi connectivity index (χ0n) is 12.6. The van der Waals surface area contributed by atoms with E-state index in [9.17, 15) is 0 Å². The first-order valence-corrected chi connectivity index (χ1v) is 8.04. The number of aliphatic imine (C=N–C) groups is 1. The molecule has 0 radical (unpaired) electrons. The summed E-state index contributed by atoms with van der Waals surface area (Å²) in [6, 6.07) is 0. The van der Waals surface area contributed by atoms with Crippen LogP contribution in [0.1, 0.15) is 54.4 Å². The number of rotatable bonds is 6. The normalized spacial score (nSPS) is 17.7. The van der Waals surface area contributed by atoms with Crippen molar-refractivity contribution in [3.63, 3.8) is 0 Å². The first-order valence-electron chi connectivity index (χ1n) is 6.61. The molecule has 0 aliphatic rings. The van der Waals surface area contributed by atoms with Gasteiger partial charge in [0.2, 0.25) is 0 Å². The van der Waals surface area contributed by atoms with Crippen LogP contribution in [-0.4, -0.2) is 16.5 Å². The van der Waals surface area contributed by atoms with E-state index < -0.39 is 0 Å². The second kappa shape index (κ2) is 7.49. The fourth-order valence-corrected chi connectivity index (χ4v) is 2.64. The maximum Gasteiger partial charge on any atom is 0.154 e. The van der Waals surface area contributed by atoms with Crippen molar-refractivity contribution < 1.29 is 0 Å². The van der Waals surface area contributed by atoms with E-state index in [0.717, 1.165) is 23.5 Å². The van der Waals surface area contributed by atoms with Gasteiger partial charge < -0.3 is 5.73 Å². The molecule has 0 aromatic rings. The molecule has 0 saturated heterocycles. The first kappa shape index (κ1) is 17.9. The van der Waals surface area contributed by atoms with Gasteiger partial charge in [0.1, 0.15) is 0 Å². The molecule has 0 bridgehead atoms. The summed E-state index contributed by atoms with van der Waals surface area (Å²) in [5.74, 6) is 0.955. The Hall–Kier alpha value is -0.0900. The second-order valence-electron chi connectivity index (χ2n) is 5.20. The van der Waals surface area contributed by atoms with Crippen LogP contribution in [0.25, 0.3) is 0 Å². The zero-order valence-corrected chi connectivity index (χ0v) is 14.3. The Morgan fingerprint density at radius 1 is 1.28 bits per heavy atom. The molecule has 106 valence electrons. The fourth-order valence-electron chi connectivity index (χ4n) is 1.76. The van der Waals surface area contributed by atoms with Crippen molar-refractivity contribution in [1.82, 2.24) is 0 Å². The Morgan fingerprint density at radius 2 is 1.83 bits per heavy atom. The highest BCUT2D eigenvalue weighted by Gasteiger charge is 2.38. The van der Waals surface area contributed by atoms with Crippen LogP contribution in [0, 0.1) is 5.41 Å². The lowest BCUT2D eigenvalue weighted by atomic mass is 9.71. The Bertz CT molecular complexity index is 322. The largest absolute Gasteiger partial charge is 0.379 e. The maximum absolute atomic E-state index is 5.96. The van der Waals surface area contributed by atoms with Crippen LogP contribution >= 0.6 is 24.4 Å². The van der Waals surface area contributed by atoms with Crippen molar-refractivity contribution in [3.05, 3.63) is 11.0 Å². The van der Waals surface area contributed by atoms with E-state index in [1.165, 1.54) is 0 Å². The van der Waals surface area contributed by atoms with E-state index in [2.05, 4.69) is 60.2 Å². The number of nitrogens with two attached hydrogens (primary N) is 1. The lowest BCUT2D eigenvalue weighted by molar-refractivity contribution is 0.237. The van der Waals surface area contributed by atoms with Crippen molar-refractivity contribution in [1.29, 1.82) is 0 Å². The molecule has 0 aromatic heterocycles. The minimum absolute atomic E-state index is 0.0288. The Morgan fingerprint density at radius 3 is 2.22 bits per heavy atom. The molecule has 0 heterocycles. The number of allylic oxidation sites excluding steroid dienone is 1. The van der Waals surface area contributed by atoms with Gasteiger partial charge in [0.25, 0.3) is 0 Å². The smallest absolute Gasteiger partial charge is 0.154 e. The molecule has 0 spiro atoms. The summed E-state index contributed by atoms with van der Waals surface area (Å²) >= 11 is 6.11. The fraction of sp³-hybridized carbons (Fsp3) is 0.786. The van der Waals surface area contributed by atoms with E-state index >= 15 is 0 Å². The standard InChI is InChI=1S/C14H28N2S2/c1-7-11(17)10-14(6,8-2)13(4,5)16-12(15)18-9-3/h10,17H,7-9H2,1-6H3,(H2,15,16)/b11-10+/t14-/m1/s1. The van der Waals surface area contributed by atoms with Gasteiger partial charge in [-0.25, -0.2) is 0 Å². The van der Waals surface area contributed by atoms with E-state index in [1.807, 2.05) is 0 Å². The molecule has 4 heteroatoms. The average molecular weight is 289 g/mol. The Balaban J connectivity index is 5.31. The molecule has 0 rings (SSSR count). The summed E-state index contributed by atoms with van der Waals surface area (Å²) in [5.41, 5.74) is 5.70. The quantitative estimate of drug-likeness (QED) is 0.430. The number of nitrogens with zero attached hydrogens (tertiary/aromatic N) is 1. The van der Waals surface area contributed by atoms with Gasteiger partial charge in [-0.15, -0.1) is 12.6 Å². The molecule has 2 nitrogen and oxygen atoms in total. The highest BCUT2D eigenvalue weighted by atomic mass is 32.2. The minimum atomic E-state index is -0.225. The van der Waals surface area contributed by atoms with E-state index in [1.54, 1.807) is 11.8 Å². The Kier molecular flexibility index (Phi) is 7.45. The molecule has 0 unspecified atom stereocenters. The van der Waals surface area contributed by atoms with Gasteiger partial charge in [-0.3, -0.25) is 4.99 Å². The third-order valence-electron chi connectivity index (χ3n) is 3.66. The number of thioether (sulfide) groups is 1. The maximum atomic E-state index is 5.96. The van der Waals surface area contributed by atoms with Gasteiger partial charge in [-0.05, 0) is 37.3 Å². The molecule has 0 fully saturated rings. The van der Waals surface area contributed by atoms with Crippen LogP contribution in [0.2, 0.25) is 0 Å². The van der Waals surface area contributed by atoms with Crippen LogP contribution < -0.4 is 5.73 Å². The number of hydrogen-bond donors (Lipinski definition) is 2. The summed E-state index contributed by atoms with van der Waals surface area (Å²) in [6.45, 7) is 12.9. The van der Waals surface area contributed by atoms with Crippen molar-refractivity contribution in [3.8, 4) is 0 Å². The molecule has 0 aromatic carbocycles. The minimum Gasteiger partial charge on any atom is -0.379 e. The molecule has 0 aliphatic heterocycles. The second-order valence-corrected chi connectivity index (χ2v) is 7.06. The highest BCUT2D eigenvalue weighted by Crippen LogP contribution is 2.40. The number of hydrogen-bond acceptors (Lipinski definition) is 3. The topological polar surface area (TPSA) is 38.4 Å². The van der Waals surface area contributed by atoms with E-state index in [-0.39, 0.29) is 11.0 Å². The van der Waals surface area contributed by atoms with Crippen LogP contribution in [0.4, 0.5) is 0 Å². The van der Waals surface area contributed by atoms with Crippen LogP contribution in [0.5, 0.6) is 0 Å². The SMILES string of the molecule is CCSC(N)=NC(C)(C)[C@@](C)(/C=C(/S)CC)CC. The predicted octanol–water partition coefficient (Wildman–Crippen LogP) is 4.47. The summed E-state index contributed by atoms with van der Waals surface area (Å²) in [5, 5.41) is 0.674. The molecule has 0 amide bonds. The predicted molar refractivity (Wildman–Crippen MR) is 89.6 cm³/mol. The Labute approximate surface area is 122 Å². The van der Waals surface area contributed by atoms with Gasteiger partial charge in [0.05, 0.1) is 5.54 Å². The van der Waals surface area contributed by atoms with E-state index in [4.69, 9.17) is 10.7 Å². The summed E-state index contributed by atoms with van der Waals surface area (Å²) in [6.07, 6.45) is 4.21. The number of amidine groups is 1. The monoisotopic (exact) mass is 288 g/mol. The molecular weight excluding hydrogens is 260 g/mol. The van der Waals surface area contributed by atoms with Crippen molar-refractivity contribution in [2.75, 3.05) is 5.75 Å². The molecule has 0 saturated carbocycles. The third-order valence-corrected chi connectivity index (χ3v) is 4.78. The molecule has 0 aliphatic carbocycles. The average Bonchev–Trinajstić information content (AvgIpc) is 2.27. The zero-order chi connectivity index (χ0) is 14.4. The molecule has 2 N–H and O–H groups in total.